The van der Waals surface area contributed by atoms with E-state index in [-0.39, 0.29) is 11.0 Å². The molecule has 1 aliphatic carbocycles. The topological polar surface area (TPSA) is 26.0 Å². The Morgan fingerprint density at radius 3 is 2.14 bits per heavy atom. The average molecular weight is 189 g/mol. The highest BCUT2D eigenvalue weighted by Gasteiger charge is 2.59. The Bertz CT molecular complexity index is 379. The lowest BCUT2D eigenvalue weighted by atomic mass is 9.94. The molecule has 1 aromatic rings. The Kier molecular flexibility index (Phi) is 1.81. The normalized spacial score (nSPS) is 28.9. The molecule has 14 heavy (non-hydrogen) atoms. The highest BCUT2D eigenvalue weighted by atomic mass is 14.9. The Balaban J connectivity index is 2.40. The monoisotopic (exact) mass is 189 g/mol. The van der Waals surface area contributed by atoms with E-state index >= 15 is 0 Å². The number of hydrogen-bond donors (Lipinski definition) is 1. The van der Waals surface area contributed by atoms with Gasteiger partial charge in [-0.3, -0.25) is 0 Å². The molecule has 1 heteroatoms. The molecule has 1 saturated carbocycles. The van der Waals surface area contributed by atoms with Crippen LogP contribution in [-0.4, -0.2) is 0 Å². The minimum absolute atomic E-state index is 0.0779. The molecule has 1 atom stereocenters. The van der Waals surface area contributed by atoms with Crippen molar-refractivity contribution in [2.45, 2.75) is 39.7 Å². The minimum atomic E-state index is -0.0779. The van der Waals surface area contributed by atoms with Gasteiger partial charge >= 0.3 is 0 Å². The van der Waals surface area contributed by atoms with Gasteiger partial charge in [0.15, 0.2) is 0 Å². The minimum Gasteiger partial charge on any atom is -0.321 e. The second-order valence-electron chi connectivity index (χ2n) is 5.33. The van der Waals surface area contributed by atoms with Crippen molar-refractivity contribution >= 4 is 0 Å². The first kappa shape index (κ1) is 9.72. The summed E-state index contributed by atoms with van der Waals surface area (Å²) in [4.78, 5) is 0. The molecule has 0 heterocycles. The quantitative estimate of drug-likeness (QED) is 0.722. The number of hydrogen-bond acceptors (Lipinski definition) is 1. The second-order valence-corrected chi connectivity index (χ2v) is 5.33. The fourth-order valence-corrected chi connectivity index (χ4v) is 2.16. The Morgan fingerprint density at radius 1 is 1.14 bits per heavy atom. The molecule has 1 aliphatic rings. The van der Waals surface area contributed by atoms with Crippen LogP contribution in [0.15, 0.2) is 18.2 Å². The Hall–Kier alpha value is -0.820. The lowest BCUT2D eigenvalue weighted by molar-refractivity contribution is 0.510. The molecule has 76 valence electrons. The molecule has 0 amide bonds. The standard InChI is InChI=1S/C13H19N/c1-9-5-6-11(7-10(9)2)13(14)8-12(13,3)4/h5-7H,8,14H2,1-4H3. The van der Waals surface area contributed by atoms with Crippen LogP contribution in [0.1, 0.15) is 37.0 Å². The van der Waals surface area contributed by atoms with Gasteiger partial charge in [0.2, 0.25) is 0 Å². The van der Waals surface area contributed by atoms with Crippen molar-refractivity contribution in [2.75, 3.05) is 0 Å². The molecule has 2 N–H and O–H groups in total. The van der Waals surface area contributed by atoms with E-state index < -0.39 is 0 Å². The number of nitrogens with two attached hydrogens (primary N) is 1. The molecule has 0 aromatic heterocycles. The van der Waals surface area contributed by atoms with Crippen molar-refractivity contribution in [2.24, 2.45) is 11.1 Å². The third-order valence-corrected chi connectivity index (χ3v) is 3.83. The molecule has 1 unspecified atom stereocenters. The highest BCUT2D eigenvalue weighted by Crippen LogP contribution is 2.60. The van der Waals surface area contributed by atoms with Crippen LogP contribution in [0.2, 0.25) is 0 Å². The number of aryl methyl sites for hydroxylation is 2. The summed E-state index contributed by atoms with van der Waals surface area (Å²) >= 11 is 0. The lowest BCUT2D eigenvalue weighted by Gasteiger charge is -2.16. The van der Waals surface area contributed by atoms with Gasteiger partial charge < -0.3 is 5.73 Å². The highest BCUT2D eigenvalue weighted by molar-refractivity contribution is 5.40. The molecule has 1 aromatic carbocycles. The zero-order valence-electron chi connectivity index (χ0n) is 9.52. The first-order valence-electron chi connectivity index (χ1n) is 5.23. The van der Waals surface area contributed by atoms with Crippen molar-refractivity contribution in [1.29, 1.82) is 0 Å². The van der Waals surface area contributed by atoms with Gasteiger partial charge in [0.1, 0.15) is 0 Å². The van der Waals surface area contributed by atoms with Crippen molar-refractivity contribution in [3.8, 4) is 0 Å². The molecule has 0 bridgehead atoms. The predicted octanol–water partition coefficient (Wildman–Crippen LogP) is 2.89. The lowest BCUT2D eigenvalue weighted by Crippen LogP contribution is -2.25. The zero-order valence-corrected chi connectivity index (χ0v) is 9.52. The summed E-state index contributed by atoms with van der Waals surface area (Å²) in [6, 6.07) is 6.59. The van der Waals surface area contributed by atoms with Crippen molar-refractivity contribution in [1.82, 2.24) is 0 Å². The molecule has 0 radical (unpaired) electrons. The maximum absolute atomic E-state index is 6.36. The van der Waals surface area contributed by atoms with Crippen LogP contribution in [0, 0.1) is 19.3 Å². The van der Waals surface area contributed by atoms with Gasteiger partial charge in [-0.15, -0.1) is 0 Å². The van der Waals surface area contributed by atoms with E-state index in [9.17, 15) is 0 Å². The summed E-state index contributed by atoms with van der Waals surface area (Å²) in [6.45, 7) is 8.77. The van der Waals surface area contributed by atoms with Gasteiger partial charge in [0.05, 0.1) is 0 Å². The summed E-state index contributed by atoms with van der Waals surface area (Å²) in [5, 5.41) is 0. The van der Waals surface area contributed by atoms with E-state index in [0.29, 0.717) is 0 Å². The summed E-state index contributed by atoms with van der Waals surface area (Å²) in [7, 11) is 0. The maximum atomic E-state index is 6.36. The Morgan fingerprint density at radius 2 is 1.71 bits per heavy atom. The first-order chi connectivity index (χ1) is 6.37. The van der Waals surface area contributed by atoms with Crippen LogP contribution in [0.3, 0.4) is 0 Å². The number of rotatable bonds is 1. The maximum Gasteiger partial charge on any atom is 0.0468 e. The molecule has 2 rings (SSSR count). The second kappa shape index (κ2) is 2.60. The van der Waals surface area contributed by atoms with Crippen LogP contribution >= 0.6 is 0 Å². The van der Waals surface area contributed by atoms with Gasteiger partial charge in [0.25, 0.3) is 0 Å². The Labute approximate surface area is 86.3 Å². The smallest absolute Gasteiger partial charge is 0.0468 e. The first-order valence-corrected chi connectivity index (χ1v) is 5.23. The SMILES string of the molecule is Cc1ccc(C2(N)CC2(C)C)cc1C. The van der Waals surface area contributed by atoms with Crippen LogP contribution in [0.25, 0.3) is 0 Å². The fourth-order valence-electron chi connectivity index (χ4n) is 2.16. The largest absolute Gasteiger partial charge is 0.321 e. The van der Waals surface area contributed by atoms with E-state index in [0.717, 1.165) is 6.42 Å². The van der Waals surface area contributed by atoms with Crippen LogP contribution in [0.4, 0.5) is 0 Å². The van der Waals surface area contributed by atoms with Crippen LogP contribution < -0.4 is 5.73 Å². The van der Waals surface area contributed by atoms with Crippen molar-refractivity contribution in [3.05, 3.63) is 34.9 Å². The summed E-state index contributed by atoms with van der Waals surface area (Å²) in [6.07, 6.45) is 1.10. The molecule has 0 spiro atoms. The predicted molar refractivity (Wildman–Crippen MR) is 60.2 cm³/mol. The molecular formula is C13H19N. The summed E-state index contributed by atoms with van der Waals surface area (Å²) in [5.74, 6) is 0. The third-order valence-electron chi connectivity index (χ3n) is 3.83. The number of benzene rings is 1. The van der Waals surface area contributed by atoms with Crippen molar-refractivity contribution in [3.63, 3.8) is 0 Å². The molecule has 0 saturated heterocycles. The van der Waals surface area contributed by atoms with E-state index in [2.05, 4.69) is 45.9 Å². The third kappa shape index (κ3) is 1.19. The molecule has 1 fully saturated rings. The van der Waals surface area contributed by atoms with Gasteiger partial charge in [-0.25, -0.2) is 0 Å². The van der Waals surface area contributed by atoms with Crippen LogP contribution in [-0.2, 0) is 5.54 Å². The average Bonchev–Trinajstić information content (AvgIpc) is 2.58. The molecule has 0 aliphatic heterocycles. The van der Waals surface area contributed by atoms with Gasteiger partial charge in [-0.1, -0.05) is 32.0 Å². The summed E-state index contributed by atoms with van der Waals surface area (Å²) in [5.41, 5.74) is 10.5. The zero-order chi connectivity index (χ0) is 10.6. The van der Waals surface area contributed by atoms with E-state index in [4.69, 9.17) is 5.73 Å². The summed E-state index contributed by atoms with van der Waals surface area (Å²) < 4.78 is 0. The van der Waals surface area contributed by atoms with Crippen LogP contribution in [0.5, 0.6) is 0 Å². The van der Waals surface area contributed by atoms with E-state index in [1.54, 1.807) is 0 Å². The fraction of sp³-hybridized carbons (Fsp3) is 0.538. The van der Waals surface area contributed by atoms with Gasteiger partial charge in [-0.05, 0) is 42.4 Å². The van der Waals surface area contributed by atoms with Gasteiger partial charge in [-0.2, -0.15) is 0 Å². The van der Waals surface area contributed by atoms with Gasteiger partial charge in [0, 0.05) is 5.54 Å². The van der Waals surface area contributed by atoms with E-state index in [1.807, 2.05) is 0 Å². The van der Waals surface area contributed by atoms with E-state index in [1.165, 1.54) is 16.7 Å². The van der Waals surface area contributed by atoms with Crippen molar-refractivity contribution < 1.29 is 0 Å². The molecular weight excluding hydrogens is 170 g/mol. The molecule has 1 nitrogen and oxygen atoms in total.